The first-order valence-electron chi connectivity index (χ1n) is 8.97. The van der Waals surface area contributed by atoms with E-state index in [2.05, 4.69) is 5.32 Å². The number of ether oxygens (including phenoxy) is 1. The van der Waals surface area contributed by atoms with Crippen molar-refractivity contribution in [3.63, 3.8) is 0 Å². The van der Waals surface area contributed by atoms with E-state index in [-0.39, 0.29) is 25.2 Å². The third-order valence-corrected chi connectivity index (χ3v) is 5.26. The van der Waals surface area contributed by atoms with Crippen LogP contribution < -0.4 is 5.32 Å². The first kappa shape index (κ1) is 19.8. The molecule has 1 heterocycles. The van der Waals surface area contributed by atoms with E-state index in [0.717, 1.165) is 20.5 Å². The van der Waals surface area contributed by atoms with Gasteiger partial charge in [-0.25, -0.2) is 0 Å². The highest BCUT2D eigenvalue weighted by molar-refractivity contribution is 7.12. The van der Waals surface area contributed by atoms with Gasteiger partial charge in [-0.15, -0.1) is 11.3 Å². The zero-order valence-corrected chi connectivity index (χ0v) is 16.6. The number of aryl methyl sites for hydroxylation is 2. The number of nitrogens with one attached hydrogen (secondary N) is 1. The van der Waals surface area contributed by atoms with Gasteiger partial charge in [0, 0.05) is 27.4 Å². The van der Waals surface area contributed by atoms with Crippen molar-refractivity contribution in [1.82, 2.24) is 0 Å². The Labute approximate surface area is 167 Å². The van der Waals surface area contributed by atoms with E-state index in [1.165, 1.54) is 0 Å². The van der Waals surface area contributed by atoms with Gasteiger partial charge in [0.05, 0.1) is 6.42 Å². The summed E-state index contributed by atoms with van der Waals surface area (Å²) >= 11 is 1.56. The van der Waals surface area contributed by atoms with Crippen LogP contribution in [0.25, 0.3) is 10.8 Å². The van der Waals surface area contributed by atoms with Gasteiger partial charge in [0.25, 0.3) is 5.91 Å². The Bertz CT molecular complexity index is 1040. The highest BCUT2D eigenvalue weighted by Crippen LogP contribution is 2.22. The van der Waals surface area contributed by atoms with Crippen LogP contribution in [0.1, 0.15) is 33.0 Å². The van der Waals surface area contributed by atoms with Crippen LogP contribution in [0.2, 0.25) is 0 Å². The van der Waals surface area contributed by atoms with E-state index in [1.807, 2.05) is 56.3 Å². The molecule has 3 aromatic rings. The van der Waals surface area contributed by atoms with Gasteiger partial charge in [-0.1, -0.05) is 30.3 Å². The molecule has 2 aromatic carbocycles. The van der Waals surface area contributed by atoms with Crippen LogP contribution in [0.15, 0.2) is 48.5 Å². The molecule has 0 radical (unpaired) electrons. The second-order valence-electron chi connectivity index (χ2n) is 6.52. The van der Waals surface area contributed by atoms with E-state index in [1.54, 1.807) is 17.4 Å². The van der Waals surface area contributed by atoms with Gasteiger partial charge >= 0.3 is 5.97 Å². The molecule has 0 fully saturated rings. The van der Waals surface area contributed by atoms with Gasteiger partial charge in [-0.2, -0.15) is 0 Å². The molecule has 1 amide bonds. The average molecular weight is 395 g/mol. The summed E-state index contributed by atoms with van der Waals surface area (Å²) in [6.07, 6.45) is 0.0264. The predicted molar refractivity (Wildman–Crippen MR) is 111 cm³/mol. The number of rotatable bonds is 7. The molecule has 1 aromatic heterocycles. The predicted octanol–water partition coefficient (Wildman–Crippen LogP) is 4.66. The van der Waals surface area contributed by atoms with Crippen molar-refractivity contribution < 1.29 is 19.1 Å². The summed E-state index contributed by atoms with van der Waals surface area (Å²) in [4.78, 5) is 38.1. The van der Waals surface area contributed by atoms with Crippen LogP contribution in [0.4, 0.5) is 5.69 Å². The third-order valence-electron chi connectivity index (χ3n) is 4.30. The summed E-state index contributed by atoms with van der Waals surface area (Å²) in [6.45, 7) is 3.45. The number of benzene rings is 2. The number of hydrogen-bond donors (Lipinski definition) is 1. The Morgan fingerprint density at radius 3 is 2.43 bits per heavy atom. The van der Waals surface area contributed by atoms with Crippen LogP contribution in [0, 0.1) is 13.8 Å². The van der Waals surface area contributed by atoms with Crippen LogP contribution in [-0.4, -0.2) is 24.3 Å². The van der Waals surface area contributed by atoms with Crippen molar-refractivity contribution in [2.45, 2.75) is 26.7 Å². The average Bonchev–Trinajstić information content (AvgIpc) is 3.02. The molecular formula is C22H21NO4S. The number of thiophene rings is 1. The molecule has 0 aliphatic heterocycles. The summed E-state index contributed by atoms with van der Waals surface area (Å²) < 4.78 is 4.98. The van der Waals surface area contributed by atoms with Gasteiger partial charge < -0.3 is 10.1 Å². The van der Waals surface area contributed by atoms with Crippen molar-refractivity contribution in [2.24, 2.45) is 0 Å². The van der Waals surface area contributed by atoms with E-state index < -0.39 is 11.9 Å². The summed E-state index contributed by atoms with van der Waals surface area (Å²) in [5.74, 6) is -1.06. The molecule has 3 rings (SSSR count). The largest absolute Gasteiger partial charge is 0.456 e. The van der Waals surface area contributed by atoms with Crippen molar-refractivity contribution >= 4 is 45.5 Å². The maximum atomic E-state index is 12.2. The number of Topliss-reactive ketones (excluding diaryl/α,β-unsaturated/α-hetero) is 1. The number of carbonyl (C=O) groups is 3. The normalized spacial score (nSPS) is 10.6. The van der Waals surface area contributed by atoms with Gasteiger partial charge in [0.2, 0.25) is 0 Å². The number of fused-ring (bicyclic) bond motifs is 1. The smallest absolute Gasteiger partial charge is 0.306 e. The molecule has 0 aliphatic carbocycles. The summed E-state index contributed by atoms with van der Waals surface area (Å²) in [6, 6.07) is 15.2. The van der Waals surface area contributed by atoms with Gasteiger partial charge in [0.1, 0.15) is 0 Å². The first-order valence-corrected chi connectivity index (χ1v) is 9.78. The number of anilines is 1. The van der Waals surface area contributed by atoms with Gasteiger partial charge in [-0.3, -0.25) is 14.4 Å². The molecule has 0 bridgehead atoms. The summed E-state index contributed by atoms with van der Waals surface area (Å²) in [5.41, 5.74) is 1.29. The van der Waals surface area contributed by atoms with E-state index in [4.69, 9.17) is 4.74 Å². The Kier molecular flexibility index (Phi) is 6.21. The standard InChI is InChI=1S/C22H21NO4S/c1-14-11-19(15(2)28-14)20(24)9-10-22(26)27-13-21(25)23-18-8-7-16-5-3-4-6-17(16)12-18/h3-8,11-12H,9-10,13H2,1-2H3,(H,23,25). The third kappa shape index (κ3) is 5.04. The molecule has 1 N–H and O–H groups in total. The maximum Gasteiger partial charge on any atom is 0.306 e. The molecule has 0 atom stereocenters. The van der Waals surface area contributed by atoms with Gasteiger partial charge in [0.15, 0.2) is 12.4 Å². The number of hydrogen-bond acceptors (Lipinski definition) is 5. The fourth-order valence-electron chi connectivity index (χ4n) is 2.94. The second kappa shape index (κ2) is 8.80. The number of esters is 1. The fourth-order valence-corrected chi connectivity index (χ4v) is 3.88. The Morgan fingerprint density at radius 2 is 1.71 bits per heavy atom. The van der Waals surface area contributed by atoms with Crippen LogP contribution in [0.5, 0.6) is 0 Å². The number of ketones is 1. The van der Waals surface area contributed by atoms with Crippen LogP contribution in [-0.2, 0) is 14.3 Å². The molecule has 0 saturated carbocycles. The minimum Gasteiger partial charge on any atom is -0.456 e. The lowest BCUT2D eigenvalue weighted by molar-refractivity contribution is -0.147. The Hall–Kier alpha value is -2.99. The van der Waals surface area contributed by atoms with Crippen molar-refractivity contribution in [2.75, 3.05) is 11.9 Å². The molecule has 0 unspecified atom stereocenters. The lowest BCUT2D eigenvalue weighted by Gasteiger charge is -2.07. The van der Waals surface area contributed by atoms with E-state index in [9.17, 15) is 14.4 Å². The van der Waals surface area contributed by atoms with Crippen LogP contribution >= 0.6 is 11.3 Å². The highest BCUT2D eigenvalue weighted by atomic mass is 32.1. The molecule has 6 heteroatoms. The summed E-state index contributed by atoms with van der Waals surface area (Å²) in [5, 5.41) is 4.79. The minimum atomic E-state index is -0.563. The molecule has 0 saturated heterocycles. The molecule has 28 heavy (non-hydrogen) atoms. The zero-order chi connectivity index (χ0) is 20.1. The van der Waals surface area contributed by atoms with E-state index in [0.29, 0.717) is 11.3 Å². The lowest BCUT2D eigenvalue weighted by Crippen LogP contribution is -2.21. The molecule has 0 spiro atoms. The highest BCUT2D eigenvalue weighted by Gasteiger charge is 2.15. The molecular weight excluding hydrogens is 374 g/mol. The maximum absolute atomic E-state index is 12.2. The lowest BCUT2D eigenvalue weighted by atomic mass is 10.1. The SMILES string of the molecule is Cc1cc(C(=O)CCC(=O)OCC(=O)Nc2ccc3ccccc3c2)c(C)s1. The molecule has 144 valence electrons. The Morgan fingerprint density at radius 1 is 0.964 bits per heavy atom. The Balaban J connectivity index is 1.45. The topological polar surface area (TPSA) is 72.5 Å². The number of carbonyl (C=O) groups excluding carboxylic acids is 3. The molecule has 5 nitrogen and oxygen atoms in total. The zero-order valence-electron chi connectivity index (χ0n) is 15.8. The fraction of sp³-hybridized carbons (Fsp3) is 0.227. The van der Waals surface area contributed by atoms with Crippen molar-refractivity contribution in [3.05, 3.63) is 63.8 Å². The van der Waals surface area contributed by atoms with Gasteiger partial charge in [-0.05, 0) is 42.8 Å². The van der Waals surface area contributed by atoms with E-state index >= 15 is 0 Å². The quantitative estimate of drug-likeness (QED) is 0.466. The summed E-state index contributed by atoms with van der Waals surface area (Å²) in [7, 11) is 0. The number of amides is 1. The van der Waals surface area contributed by atoms with Crippen molar-refractivity contribution in [3.8, 4) is 0 Å². The van der Waals surface area contributed by atoms with Crippen LogP contribution in [0.3, 0.4) is 0 Å². The minimum absolute atomic E-state index is 0.0452. The van der Waals surface area contributed by atoms with Crippen molar-refractivity contribution in [1.29, 1.82) is 0 Å². The first-order chi connectivity index (χ1) is 13.4. The second-order valence-corrected chi connectivity index (χ2v) is 7.98. The monoisotopic (exact) mass is 395 g/mol. The molecule has 0 aliphatic rings.